The first-order chi connectivity index (χ1) is 12.1. The van der Waals surface area contributed by atoms with Gasteiger partial charge in [0.2, 0.25) is 0 Å². The van der Waals surface area contributed by atoms with Crippen molar-refractivity contribution in [1.29, 1.82) is 0 Å². The molecule has 3 nitrogen and oxygen atoms in total. The Morgan fingerprint density at radius 3 is 1.46 bits per heavy atom. The quantitative estimate of drug-likeness (QED) is 0.244. The predicted molar refractivity (Wildman–Crippen MR) is 75.5 cm³/mol. The maximum Gasteiger partial charge on any atom is 0.460 e. The van der Waals surface area contributed by atoms with Crippen LogP contribution < -0.4 is 21.2 Å². The number of hydrogen-bond donors (Lipinski definition) is 0. The van der Waals surface area contributed by atoms with Crippen molar-refractivity contribution in [3.05, 3.63) is 33.9 Å². The molecule has 0 atom stereocenters. The van der Waals surface area contributed by atoms with Crippen molar-refractivity contribution >= 4 is 10.1 Å². The minimum absolute atomic E-state index is 0.184. The van der Waals surface area contributed by atoms with Crippen LogP contribution in [0.15, 0.2) is 30.3 Å². The molecule has 0 saturated heterocycles. The van der Waals surface area contributed by atoms with E-state index in [9.17, 15) is 52.5 Å². The number of benzene rings is 1. The number of alkyl halides is 10. The SMILES string of the molecule is CC(C)(C)[I+]c1ccccc1.O=S(=O)([O-])C(F)(F)C(F)(F)C(F)(F)C(F)(F)F. The summed E-state index contributed by atoms with van der Waals surface area (Å²) < 4.78 is 137. The summed E-state index contributed by atoms with van der Waals surface area (Å²) in [5, 5.41) is -7.11. The number of hydrogen-bond acceptors (Lipinski definition) is 3. The zero-order valence-electron chi connectivity index (χ0n) is 14.3. The molecule has 0 aliphatic rings. The molecule has 0 saturated carbocycles. The van der Waals surface area contributed by atoms with E-state index in [2.05, 4.69) is 51.1 Å². The van der Waals surface area contributed by atoms with Crippen molar-refractivity contribution < 1.29 is 73.7 Å². The van der Waals surface area contributed by atoms with Crippen LogP contribution in [0.4, 0.5) is 39.5 Å². The van der Waals surface area contributed by atoms with Crippen molar-refractivity contribution in [1.82, 2.24) is 0 Å². The fourth-order valence-electron chi connectivity index (χ4n) is 1.32. The highest BCUT2D eigenvalue weighted by molar-refractivity contribution is 7.86. The predicted octanol–water partition coefficient (Wildman–Crippen LogP) is 1.70. The van der Waals surface area contributed by atoms with Gasteiger partial charge in [0, 0.05) is 0 Å². The molecule has 1 rings (SSSR count). The zero-order valence-corrected chi connectivity index (χ0v) is 17.3. The molecule has 0 spiro atoms. The first kappa shape index (κ1) is 27.2. The van der Waals surface area contributed by atoms with E-state index in [4.69, 9.17) is 0 Å². The van der Waals surface area contributed by atoms with Gasteiger partial charge < -0.3 is 4.55 Å². The molecule has 0 aliphatic heterocycles. The van der Waals surface area contributed by atoms with Gasteiger partial charge in [0.15, 0.2) is 17.1 Å². The lowest BCUT2D eigenvalue weighted by molar-refractivity contribution is -0.691. The molecule has 0 aliphatic carbocycles. The average Bonchev–Trinajstić information content (AvgIpc) is 2.44. The topological polar surface area (TPSA) is 57.2 Å². The van der Waals surface area contributed by atoms with Crippen molar-refractivity contribution in [2.75, 3.05) is 0 Å². The molecule has 14 heteroatoms. The normalized spacial score (nSPS) is 14.3. The number of halogens is 10. The van der Waals surface area contributed by atoms with Crippen LogP contribution in [-0.4, -0.2) is 39.7 Å². The summed E-state index contributed by atoms with van der Waals surface area (Å²) in [7, 11) is -7.42. The molecule has 1 aromatic rings. The zero-order chi connectivity index (χ0) is 22.8. The lowest BCUT2D eigenvalue weighted by atomic mass is 10.1. The first-order valence-electron chi connectivity index (χ1n) is 6.94. The second kappa shape index (κ2) is 8.53. The molecular weight excluding hydrogens is 546 g/mol. The summed E-state index contributed by atoms with van der Waals surface area (Å²) in [5.41, 5.74) is 0. The Bertz CT molecular complexity index is 742. The Labute approximate surface area is 165 Å². The third kappa shape index (κ3) is 6.37. The second-order valence-electron chi connectivity index (χ2n) is 6.07. The molecule has 0 heterocycles. The van der Waals surface area contributed by atoms with Crippen LogP contribution in [0.25, 0.3) is 0 Å². The van der Waals surface area contributed by atoms with Gasteiger partial charge in [-0.25, -0.2) is 8.42 Å². The van der Waals surface area contributed by atoms with Gasteiger partial charge in [-0.15, -0.1) is 0 Å². The standard InChI is InChI=1S/C10H14I.C4HF9O3S/c1-10(2,3)11-9-7-5-4-6-8-9;5-1(6,3(9,10)11)2(7,8)4(12,13)17(14,15)16/h4-8H,1-3H3;(H,14,15,16)/q+1;/p-1. The minimum Gasteiger partial charge on any atom is -0.743 e. The highest BCUT2D eigenvalue weighted by atomic mass is 127. The van der Waals surface area contributed by atoms with Crippen LogP contribution in [0, 0.1) is 3.57 Å². The first-order valence-corrected chi connectivity index (χ1v) is 10.5. The van der Waals surface area contributed by atoms with Crippen molar-refractivity contribution in [3.8, 4) is 0 Å². The number of rotatable bonds is 4. The lowest BCUT2D eigenvalue weighted by Gasteiger charge is -2.34. The lowest BCUT2D eigenvalue weighted by Crippen LogP contribution is -3.67. The summed E-state index contributed by atoms with van der Waals surface area (Å²) in [6.07, 6.45) is -7.16. The molecule has 1 aromatic carbocycles. The van der Waals surface area contributed by atoms with E-state index in [1.54, 1.807) is 3.57 Å². The summed E-state index contributed by atoms with van der Waals surface area (Å²) >= 11 is 0.184. The molecule has 28 heavy (non-hydrogen) atoms. The summed E-state index contributed by atoms with van der Waals surface area (Å²) in [4.78, 5) is 0. The Kier molecular flexibility index (Phi) is 8.30. The van der Waals surface area contributed by atoms with Gasteiger partial charge in [-0.2, -0.15) is 39.5 Å². The highest BCUT2D eigenvalue weighted by Gasteiger charge is 2.83. The molecule has 0 amide bonds. The molecule has 0 fully saturated rings. The van der Waals surface area contributed by atoms with E-state index in [0.717, 1.165) is 0 Å². The molecule has 0 aromatic heterocycles. The van der Waals surface area contributed by atoms with Crippen LogP contribution in [0.2, 0.25) is 0 Å². The van der Waals surface area contributed by atoms with Crippen LogP contribution >= 0.6 is 0 Å². The third-order valence-corrected chi connectivity index (χ3v) is 6.40. The van der Waals surface area contributed by atoms with E-state index >= 15 is 0 Å². The molecule has 0 unspecified atom stereocenters. The van der Waals surface area contributed by atoms with Crippen LogP contribution in [-0.2, 0) is 10.1 Å². The van der Waals surface area contributed by atoms with E-state index in [1.807, 2.05) is 0 Å². The van der Waals surface area contributed by atoms with Gasteiger partial charge in [-0.05, 0) is 32.9 Å². The maximum atomic E-state index is 12.2. The van der Waals surface area contributed by atoms with Gasteiger partial charge in [0.05, 0.1) is 0 Å². The second-order valence-corrected chi connectivity index (χ2v) is 12.5. The van der Waals surface area contributed by atoms with Crippen LogP contribution in [0.3, 0.4) is 0 Å². The Balaban J connectivity index is 0.000000567. The molecule has 164 valence electrons. The third-order valence-electron chi connectivity index (χ3n) is 2.56. The monoisotopic (exact) mass is 560 g/mol. The van der Waals surface area contributed by atoms with Crippen molar-refractivity contribution in [3.63, 3.8) is 0 Å². The molecule has 0 bridgehead atoms. The van der Waals surface area contributed by atoms with Crippen molar-refractivity contribution in [2.45, 2.75) is 47.5 Å². The largest absolute Gasteiger partial charge is 0.743 e. The Hall–Kier alpha value is -0.770. The van der Waals surface area contributed by atoms with Gasteiger partial charge >= 0.3 is 44.5 Å². The van der Waals surface area contributed by atoms with Crippen molar-refractivity contribution in [2.24, 2.45) is 0 Å². The minimum atomic E-state index is -7.43. The molecule has 0 N–H and O–H groups in total. The summed E-state index contributed by atoms with van der Waals surface area (Å²) in [6.45, 7) is 6.94. The van der Waals surface area contributed by atoms with E-state index < -0.39 is 33.4 Å². The van der Waals surface area contributed by atoms with Gasteiger partial charge in [-0.3, -0.25) is 0 Å². The highest BCUT2D eigenvalue weighted by Crippen LogP contribution is 2.54. The smallest absolute Gasteiger partial charge is 0.460 e. The molecular formula is C14H14F9IO3S. The van der Waals surface area contributed by atoms with E-state index in [1.165, 1.54) is 0 Å². The van der Waals surface area contributed by atoms with Gasteiger partial charge in [0.1, 0.15) is 0 Å². The van der Waals surface area contributed by atoms with Crippen LogP contribution in [0.1, 0.15) is 20.8 Å². The Morgan fingerprint density at radius 1 is 0.786 bits per heavy atom. The maximum absolute atomic E-state index is 12.2. The van der Waals surface area contributed by atoms with E-state index in [-0.39, 0.29) is 21.2 Å². The fraction of sp³-hybridized carbons (Fsp3) is 0.571. The van der Waals surface area contributed by atoms with Crippen LogP contribution in [0.5, 0.6) is 0 Å². The van der Waals surface area contributed by atoms with Gasteiger partial charge in [0.25, 0.3) is 0 Å². The Morgan fingerprint density at radius 2 is 1.18 bits per heavy atom. The van der Waals surface area contributed by atoms with E-state index in [0.29, 0.717) is 3.42 Å². The summed E-state index contributed by atoms with van der Waals surface area (Å²) in [6, 6.07) is 10.8. The summed E-state index contributed by atoms with van der Waals surface area (Å²) in [5.74, 6) is -14.8. The fourth-order valence-corrected chi connectivity index (χ4v) is 4.41. The molecule has 0 radical (unpaired) electrons. The van der Waals surface area contributed by atoms with Gasteiger partial charge in [-0.1, -0.05) is 18.2 Å². The average molecular weight is 560 g/mol.